The van der Waals surface area contributed by atoms with Crippen molar-refractivity contribution in [3.8, 4) is 0 Å². The number of rotatable bonds is 4. The molecule has 11 nitrogen and oxygen atoms in total. The molecule has 10 heterocycles. The standard InChI is InChI=1S/C40H58O11/c1-20-14-24-6-8-28-21(2)15-26(44-28)10-12-40-19-33-36(50-40)37-38(49-33)39(51-40)35-29(48-37)9-7-25(46-35)16-23(41)17-27-32(18-31(45-24)22(20)3)47-30(11-13-42-4)34(27)43-5/h20,24-39H,2-3,6-19H2,1,4-5H3/t20-,24+,25-,26+,27+,28+,29+,30-,31-,32+,33-,34-,35+,36+,37+,38-,39+,40+/m1/s1. The maximum Gasteiger partial charge on any atom is 0.172 e. The van der Waals surface area contributed by atoms with E-state index in [1.807, 2.05) is 0 Å². The van der Waals surface area contributed by atoms with Gasteiger partial charge >= 0.3 is 0 Å². The fourth-order valence-corrected chi connectivity index (χ4v) is 11.2. The predicted octanol–water partition coefficient (Wildman–Crippen LogP) is 4.76. The third-order valence-corrected chi connectivity index (χ3v) is 13.8. The highest BCUT2D eigenvalue weighted by molar-refractivity contribution is 5.79. The number of Topliss-reactive ketones (excluding diaryl/α,β-unsaturated/α-hetero) is 1. The number of carbonyl (C=O) groups is 1. The molecular weight excluding hydrogens is 656 g/mol. The van der Waals surface area contributed by atoms with Gasteiger partial charge in [0.25, 0.3) is 0 Å². The van der Waals surface area contributed by atoms with Crippen LogP contribution in [0.3, 0.4) is 0 Å². The number of hydrogen-bond acceptors (Lipinski definition) is 11. The van der Waals surface area contributed by atoms with Gasteiger partial charge in [-0.3, -0.25) is 4.79 Å². The average Bonchev–Trinajstić information content (AvgIpc) is 3.79. The maximum absolute atomic E-state index is 14.0. The van der Waals surface area contributed by atoms with Gasteiger partial charge in [0, 0.05) is 58.8 Å². The number of fused-ring (bicyclic) bond motifs is 6. The van der Waals surface area contributed by atoms with Crippen LogP contribution >= 0.6 is 0 Å². The molecule has 51 heavy (non-hydrogen) atoms. The Kier molecular flexibility index (Phi) is 9.81. The van der Waals surface area contributed by atoms with Crippen molar-refractivity contribution in [2.24, 2.45) is 11.8 Å². The Labute approximate surface area is 302 Å². The Balaban J connectivity index is 0.991. The lowest BCUT2D eigenvalue weighted by Crippen LogP contribution is -2.61. The number of ether oxygens (including phenoxy) is 10. The normalized spacial score (nSPS) is 52.5. The molecule has 0 N–H and O–H groups in total. The Bertz CT molecular complexity index is 1340. The van der Waals surface area contributed by atoms with Gasteiger partial charge in [-0.25, -0.2) is 0 Å². The number of carbonyl (C=O) groups excluding carboxylic acids is 1. The first-order chi connectivity index (χ1) is 24.7. The Morgan fingerprint density at radius 1 is 0.725 bits per heavy atom. The summed E-state index contributed by atoms with van der Waals surface area (Å²) in [5.41, 5.74) is 2.26. The summed E-state index contributed by atoms with van der Waals surface area (Å²) in [5, 5.41) is 0. The fourth-order valence-electron chi connectivity index (χ4n) is 11.2. The van der Waals surface area contributed by atoms with E-state index in [0.29, 0.717) is 51.0 Å². The van der Waals surface area contributed by atoms with Crippen LogP contribution in [-0.2, 0) is 52.2 Å². The van der Waals surface area contributed by atoms with E-state index in [9.17, 15) is 4.79 Å². The van der Waals surface area contributed by atoms with Gasteiger partial charge in [0.15, 0.2) is 5.79 Å². The molecule has 284 valence electrons. The molecule has 10 rings (SSSR count). The SMILES string of the molecule is C=C1C[C@@H]2CC[C@@]34C[C@H]5O[C@H]6[C@@H](O3)[C@H]3O[C@H](CC[C@@H]3O[C@H]6[C@H]5O4)CC(=O)C[C@@H]3[C@@H](OC)[C@@H](CCOC)O[C@H]3C[C@H]3O[C@@H](CC[C@@H]1O2)C[C@@H](C)C3=C. The van der Waals surface area contributed by atoms with Gasteiger partial charge in [0.05, 0.1) is 61.0 Å². The van der Waals surface area contributed by atoms with Crippen molar-refractivity contribution in [3.63, 3.8) is 0 Å². The summed E-state index contributed by atoms with van der Waals surface area (Å²) in [4.78, 5) is 14.0. The van der Waals surface area contributed by atoms with E-state index in [-0.39, 0.29) is 103 Å². The molecule has 1 spiro atoms. The zero-order chi connectivity index (χ0) is 35.0. The molecule has 10 aliphatic heterocycles. The van der Waals surface area contributed by atoms with Crippen LogP contribution in [0.5, 0.6) is 0 Å². The van der Waals surface area contributed by atoms with Crippen LogP contribution in [-0.4, -0.2) is 124 Å². The first-order valence-corrected chi connectivity index (χ1v) is 19.9. The van der Waals surface area contributed by atoms with E-state index in [2.05, 4.69) is 20.1 Å². The molecule has 0 aliphatic carbocycles. The van der Waals surface area contributed by atoms with Gasteiger partial charge in [0.1, 0.15) is 36.3 Å². The van der Waals surface area contributed by atoms with Gasteiger partial charge in [-0.15, -0.1) is 0 Å². The highest BCUT2D eigenvalue weighted by atomic mass is 16.8. The lowest BCUT2D eigenvalue weighted by Gasteiger charge is -2.47. The first kappa shape index (κ1) is 35.5. The minimum absolute atomic E-state index is 0.00907. The van der Waals surface area contributed by atoms with E-state index in [0.717, 1.165) is 56.1 Å². The minimum Gasteiger partial charge on any atom is -0.385 e. The summed E-state index contributed by atoms with van der Waals surface area (Å²) in [6.45, 7) is 11.7. The van der Waals surface area contributed by atoms with Gasteiger partial charge in [-0.05, 0) is 68.4 Å². The molecule has 0 aromatic heterocycles. The second kappa shape index (κ2) is 14.1. The third kappa shape index (κ3) is 6.53. The molecule has 12 bridgehead atoms. The minimum atomic E-state index is -0.761. The molecule has 0 aromatic carbocycles. The van der Waals surface area contributed by atoms with Crippen molar-refractivity contribution in [1.29, 1.82) is 0 Å². The maximum atomic E-state index is 14.0. The van der Waals surface area contributed by atoms with Crippen LogP contribution in [0.1, 0.15) is 90.4 Å². The molecule has 0 saturated carbocycles. The van der Waals surface area contributed by atoms with E-state index >= 15 is 0 Å². The summed E-state index contributed by atoms with van der Waals surface area (Å²) < 4.78 is 65.6. The van der Waals surface area contributed by atoms with E-state index in [1.165, 1.54) is 0 Å². The molecule has 10 fully saturated rings. The Morgan fingerprint density at radius 2 is 1.49 bits per heavy atom. The monoisotopic (exact) mass is 714 g/mol. The van der Waals surface area contributed by atoms with E-state index < -0.39 is 5.79 Å². The topological polar surface area (TPSA) is 109 Å². The summed E-state index contributed by atoms with van der Waals surface area (Å²) in [7, 11) is 3.43. The second-order valence-electron chi connectivity index (χ2n) is 17.1. The van der Waals surface area contributed by atoms with Gasteiger partial charge in [0.2, 0.25) is 0 Å². The van der Waals surface area contributed by atoms with Crippen LogP contribution in [0, 0.1) is 11.8 Å². The lowest BCUT2D eigenvalue weighted by atomic mass is 9.81. The fraction of sp³-hybridized carbons (Fsp3) is 0.875. The van der Waals surface area contributed by atoms with Gasteiger partial charge in [-0.2, -0.15) is 0 Å². The van der Waals surface area contributed by atoms with Crippen molar-refractivity contribution in [2.75, 3.05) is 20.8 Å². The Morgan fingerprint density at radius 3 is 2.33 bits per heavy atom. The second-order valence-corrected chi connectivity index (χ2v) is 17.1. The van der Waals surface area contributed by atoms with E-state index in [1.54, 1.807) is 14.2 Å². The highest BCUT2D eigenvalue weighted by Crippen LogP contribution is 2.54. The summed E-state index contributed by atoms with van der Waals surface area (Å²) in [6.07, 6.45) is 7.19. The van der Waals surface area contributed by atoms with E-state index in [4.69, 9.17) is 47.4 Å². The first-order valence-electron chi connectivity index (χ1n) is 19.9. The van der Waals surface area contributed by atoms with Crippen molar-refractivity contribution in [1.82, 2.24) is 0 Å². The van der Waals surface area contributed by atoms with Crippen LogP contribution in [0.25, 0.3) is 0 Å². The van der Waals surface area contributed by atoms with Crippen LogP contribution in [0.2, 0.25) is 0 Å². The predicted molar refractivity (Wildman–Crippen MR) is 183 cm³/mol. The lowest BCUT2D eigenvalue weighted by molar-refractivity contribution is -0.292. The largest absolute Gasteiger partial charge is 0.385 e. The zero-order valence-corrected chi connectivity index (χ0v) is 30.6. The molecule has 10 saturated heterocycles. The van der Waals surface area contributed by atoms with Gasteiger partial charge in [-0.1, -0.05) is 20.1 Å². The van der Waals surface area contributed by atoms with Crippen molar-refractivity contribution in [3.05, 3.63) is 24.3 Å². The molecule has 0 amide bonds. The molecule has 0 radical (unpaired) electrons. The van der Waals surface area contributed by atoms with Crippen LogP contribution in [0.4, 0.5) is 0 Å². The van der Waals surface area contributed by atoms with Crippen molar-refractivity contribution in [2.45, 2.75) is 188 Å². The third-order valence-electron chi connectivity index (χ3n) is 13.8. The summed E-state index contributed by atoms with van der Waals surface area (Å²) >= 11 is 0. The average molecular weight is 715 g/mol. The Hall–Kier alpha value is -1.25. The molecule has 11 heteroatoms. The van der Waals surface area contributed by atoms with Crippen molar-refractivity contribution >= 4 is 5.78 Å². The quantitative estimate of drug-likeness (QED) is 0.376. The molecule has 10 aliphatic rings. The van der Waals surface area contributed by atoms with Crippen molar-refractivity contribution < 1.29 is 52.2 Å². The number of hydrogen-bond donors (Lipinski definition) is 0. The smallest absolute Gasteiger partial charge is 0.172 e. The number of ketones is 1. The highest BCUT2D eigenvalue weighted by Gasteiger charge is 2.68. The zero-order valence-electron chi connectivity index (χ0n) is 30.6. The molecule has 0 aromatic rings. The van der Waals surface area contributed by atoms with Crippen LogP contribution in [0.15, 0.2) is 24.3 Å². The summed E-state index contributed by atoms with van der Waals surface area (Å²) in [5.74, 6) is -0.393. The van der Waals surface area contributed by atoms with Crippen LogP contribution < -0.4 is 0 Å². The van der Waals surface area contributed by atoms with Gasteiger partial charge < -0.3 is 47.4 Å². The molecule has 0 unspecified atom stereocenters. The molecule has 18 atom stereocenters. The summed E-state index contributed by atoms with van der Waals surface area (Å²) in [6, 6.07) is 0. The molecular formula is C40H58O11. The number of methoxy groups -OCH3 is 2.